The van der Waals surface area contributed by atoms with E-state index in [0.29, 0.717) is 5.58 Å². The van der Waals surface area contributed by atoms with Gasteiger partial charge in [-0.3, -0.25) is 0 Å². The van der Waals surface area contributed by atoms with E-state index in [2.05, 4.69) is 15.9 Å². The Balaban J connectivity index is 2.30. The van der Waals surface area contributed by atoms with Crippen LogP contribution in [0.25, 0.3) is 11.0 Å². The van der Waals surface area contributed by atoms with Gasteiger partial charge in [0.1, 0.15) is 5.58 Å². The van der Waals surface area contributed by atoms with Gasteiger partial charge in [0, 0.05) is 33.0 Å². The minimum Gasteiger partial charge on any atom is -0.423 e. The number of benzene rings is 1. The molecule has 1 aromatic heterocycles. The Labute approximate surface area is 124 Å². The van der Waals surface area contributed by atoms with Crippen LogP contribution in [0.3, 0.4) is 0 Å². The molecule has 0 atom stereocenters. The number of thioether (sulfide) groups is 1. The second kappa shape index (κ2) is 5.69. The van der Waals surface area contributed by atoms with Crippen LogP contribution in [-0.2, 0) is 5.75 Å². The fourth-order valence-electron chi connectivity index (χ4n) is 1.75. The summed E-state index contributed by atoms with van der Waals surface area (Å²) in [6.45, 7) is 3.99. The van der Waals surface area contributed by atoms with E-state index in [1.54, 1.807) is 17.8 Å². The van der Waals surface area contributed by atoms with Crippen LogP contribution in [0.4, 0.5) is 0 Å². The molecule has 1 heterocycles. The summed E-state index contributed by atoms with van der Waals surface area (Å²) in [6.07, 6.45) is 0. The van der Waals surface area contributed by atoms with Gasteiger partial charge >= 0.3 is 5.63 Å². The Kier molecular flexibility index (Phi) is 4.38. The summed E-state index contributed by atoms with van der Waals surface area (Å²) in [7, 11) is 0. The van der Waals surface area contributed by atoms with Crippen molar-refractivity contribution in [1.29, 1.82) is 0 Å². The molecular weight excluding hydrogens is 326 g/mol. The van der Waals surface area contributed by atoms with Crippen LogP contribution in [0.2, 0.25) is 0 Å². The first-order valence-corrected chi connectivity index (χ1v) is 7.89. The Bertz CT molecular complexity index is 646. The normalized spacial score (nSPS) is 12.0. The maximum atomic E-state index is 11.6. The first-order valence-electron chi connectivity index (χ1n) is 5.94. The van der Waals surface area contributed by atoms with Gasteiger partial charge < -0.3 is 10.2 Å². The maximum absolute atomic E-state index is 11.6. The van der Waals surface area contributed by atoms with Crippen molar-refractivity contribution in [2.24, 2.45) is 5.73 Å². The SMILES string of the molecule is CC(C)(N)CSCc1cc(=O)oc2cc(Br)ccc12. The molecule has 19 heavy (non-hydrogen) atoms. The predicted molar refractivity (Wildman–Crippen MR) is 84.6 cm³/mol. The lowest BCUT2D eigenvalue weighted by Gasteiger charge is -2.17. The lowest BCUT2D eigenvalue weighted by atomic mass is 10.1. The Morgan fingerprint density at radius 2 is 2.11 bits per heavy atom. The lowest BCUT2D eigenvalue weighted by Crippen LogP contribution is -2.34. The van der Waals surface area contributed by atoms with Crippen LogP contribution in [0.1, 0.15) is 19.4 Å². The molecular formula is C14H16BrNO2S. The maximum Gasteiger partial charge on any atom is 0.336 e. The summed E-state index contributed by atoms with van der Waals surface area (Å²) in [6, 6.07) is 7.29. The summed E-state index contributed by atoms with van der Waals surface area (Å²) in [4.78, 5) is 11.6. The molecule has 3 nitrogen and oxygen atoms in total. The number of nitrogens with two attached hydrogens (primary N) is 1. The standard InChI is InChI=1S/C14H16BrNO2S/c1-14(2,16)8-19-7-9-5-13(17)18-12-6-10(15)3-4-11(9)12/h3-6H,7-8,16H2,1-2H3. The third-order valence-corrected chi connectivity index (χ3v) is 4.48. The van der Waals surface area contributed by atoms with Crippen LogP contribution >= 0.6 is 27.7 Å². The summed E-state index contributed by atoms with van der Waals surface area (Å²) < 4.78 is 6.11. The van der Waals surface area contributed by atoms with E-state index < -0.39 is 0 Å². The second-order valence-electron chi connectivity index (χ2n) is 5.21. The molecule has 0 aliphatic heterocycles. The number of rotatable bonds is 4. The molecule has 0 saturated heterocycles. The van der Waals surface area contributed by atoms with Gasteiger partial charge in [0.15, 0.2) is 0 Å². The fraction of sp³-hybridized carbons (Fsp3) is 0.357. The van der Waals surface area contributed by atoms with Gasteiger partial charge in [0.25, 0.3) is 0 Å². The molecule has 0 unspecified atom stereocenters. The van der Waals surface area contributed by atoms with Gasteiger partial charge in [-0.15, -0.1) is 0 Å². The van der Waals surface area contributed by atoms with Gasteiger partial charge in [0.2, 0.25) is 0 Å². The van der Waals surface area contributed by atoms with E-state index in [4.69, 9.17) is 10.2 Å². The van der Waals surface area contributed by atoms with Crippen molar-refractivity contribution >= 4 is 38.7 Å². The summed E-state index contributed by atoms with van der Waals surface area (Å²) >= 11 is 5.10. The molecule has 0 bridgehead atoms. The molecule has 0 amide bonds. The van der Waals surface area contributed by atoms with Gasteiger partial charge in [-0.2, -0.15) is 11.8 Å². The van der Waals surface area contributed by atoms with Gasteiger partial charge in [-0.25, -0.2) is 4.79 Å². The average molecular weight is 342 g/mol. The second-order valence-corrected chi connectivity index (χ2v) is 7.11. The zero-order valence-electron chi connectivity index (χ0n) is 10.9. The van der Waals surface area contributed by atoms with Gasteiger partial charge in [-0.1, -0.05) is 15.9 Å². The zero-order valence-corrected chi connectivity index (χ0v) is 13.3. The van der Waals surface area contributed by atoms with Crippen molar-refractivity contribution in [2.45, 2.75) is 25.1 Å². The molecule has 0 radical (unpaired) electrons. The van der Waals surface area contributed by atoms with Crippen LogP contribution in [0, 0.1) is 0 Å². The number of fused-ring (bicyclic) bond motifs is 1. The molecule has 2 N–H and O–H groups in total. The average Bonchev–Trinajstić information content (AvgIpc) is 2.26. The Hall–Kier alpha value is -0.780. The first-order chi connectivity index (χ1) is 8.85. The van der Waals surface area contributed by atoms with Crippen LogP contribution in [0.15, 0.2) is 37.9 Å². The third-order valence-electron chi connectivity index (χ3n) is 2.52. The molecule has 5 heteroatoms. The smallest absolute Gasteiger partial charge is 0.336 e. The van der Waals surface area contributed by atoms with Crippen LogP contribution < -0.4 is 11.4 Å². The largest absolute Gasteiger partial charge is 0.423 e. The number of hydrogen-bond acceptors (Lipinski definition) is 4. The summed E-state index contributed by atoms with van der Waals surface area (Å²) in [5.41, 5.74) is 7.05. The molecule has 2 rings (SSSR count). The molecule has 1 aromatic carbocycles. The van der Waals surface area contributed by atoms with E-state index in [-0.39, 0.29) is 11.2 Å². The molecule has 0 aliphatic rings. The molecule has 0 spiro atoms. The molecule has 0 aliphatic carbocycles. The highest BCUT2D eigenvalue weighted by Gasteiger charge is 2.12. The molecule has 2 aromatic rings. The molecule has 0 saturated carbocycles. The molecule has 0 fully saturated rings. The molecule has 102 valence electrons. The Morgan fingerprint density at radius 3 is 2.79 bits per heavy atom. The number of halogens is 1. The van der Waals surface area contributed by atoms with Crippen molar-refractivity contribution in [3.63, 3.8) is 0 Å². The van der Waals surface area contributed by atoms with Gasteiger partial charge in [0.05, 0.1) is 0 Å². The number of hydrogen-bond donors (Lipinski definition) is 1. The van der Waals surface area contributed by atoms with E-state index >= 15 is 0 Å². The van der Waals surface area contributed by atoms with Crippen molar-refractivity contribution < 1.29 is 4.42 Å². The van der Waals surface area contributed by atoms with Crippen molar-refractivity contribution in [3.8, 4) is 0 Å². The van der Waals surface area contributed by atoms with Crippen molar-refractivity contribution in [1.82, 2.24) is 0 Å². The summed E-state index contributed by atoms with van der Waals surface area (Å²) in [5.74, 6) is 1.59. The highest BCUT2D eigenvalue weighted by molar-refractivity contribution is 9.10. The first kappa shape index (κ1) is 14.6. The van der Waals surface area contributed by atoms with Crippen molar-refractivity contribution in [3.05, 3.63) is 44.7 Å². The van der Waals surface area contributed by atoms with E-state index in [9.17, 15) is 4.79 Å². The third kappa shape index (κ3) is 4.09. The highest BCUT2D eigenvalue weighted by Crippen LogP contribution is 2.25. The van der Waals surface area contributed by atoms with E-state index in [1.807, 2.05) is 32.0 Å². The highest BCUT2D eigenvalue weighted by atomic mass is 79.9. The minimum absolute atomic E-state index is 0.205. The topological polar surface area (TPSA) is 56.2 Å². The fourth-order valence-corrected chi connectivity index (χ4v) is 3.17. The van der Waals surface area contributed by atoms with Crippen LogP contribution in [-0.4, -0.2) is 11.3 Å². The Morgan fingerprint density at radius 1 is 1.37 bits per heavy atom. The van der Waals surface area contributed by atoms with E-state index in [0.717, 1.165) is 26.9 Å². The van der Waals surface area contributed by atoms with Crippen LogP contribution in [0.5, 0.6) is 0 Å². The van der Waals surface area contributed by atoms with Gasteiger partial charge in [-0.05, 0) is 37.6 Å². The summed E-state index contributed by atoms with van der Waals surface area (Å²) in [5, 5.41) is 0.977. The lowest BCUT2D eigenvalue weighted by molar-refractivity contribution is 0.559. The minimum atomic E-state index is -0.312. The predicted octanol–water partition coefficient (Wildman–Crippen LogP) is 3.53. The monoisotopic (exact) mass is 341 g/mol. The van der Waals surface area contributed by atoms with E-state index in [1.165, 1.54) is 0 Å². The quantitative estimate of drug-likeness (QED) is 0.864. The van der Waals surface area contributed by atoms with Crippen molar-refractivity contribution in [2.75, 3.05) is 5.75 Å². The zero-order chi connectivity index (χ0) is 14.0.